The highest BCUT2D eigenvalue weighted by Crippen LogP contribution is 2.34. The zero-order chi connectivity index (χ0) is 17.1. The van der Waals surface area contributed by atoms with Gasteiger partial charge in [0, 0.05) is 30.4 Å². The third-order valence-corrected chi connectivity index (χ3v) is 5.52. The summed E-state index contributed by atoms with van der Waals surface area (Å²) in [7, 11) is 0. The Kier molecular flexibility index (Phi) is 5.24. The summed E-state index contributed by atoms with van der Waals surface area (Å²) in [5.74, 6) is 0. The van der Waals surface area contributed by atoms with Gasteiger partial charge in [0.15, 0.2) is 0 Å². The van der Waals surface area contributed by atoms with E-state index in [0.29, 0.717) is 12.1 Å². The molecule has 2 bridgehead atoms. The molecular formula is C20H29N3O. The first-order valence-corrected chi connectivity index (χ1v) is 9.09. The number of hydrogen-bond acceptors (Lipinski definition) is 2. The molecule has 0 aliphatic carbocycles. The number of carbonyl (C=O) groups is 1. The SMILES string of the molecule is C=CCN1[C@H]2CCC[C@H]1CC(NC(=O)Nc1c(C)cccc1C)C2. The van der Waals surface area contributed by atoms with Gasteiger partial charge in [-0.05, 0) is 50.7 Å². The van der Waals surface area contributed by atoms with E-state index in [-0.39, 0.29) is 12.1 Å². The van der Waals surface area contributed by atoms with Gasteiger partial charge in [0.05, 0.1) is 0 Å². The van der Waals surface area contributed by atoms with Crippen LogP contribution in [0.15, 0.2) is 30.9 Å². The van der Waals surface area contributed by atoms with E-state index < -0.39 is 0 Å². The Morgan fingerprint density at radius 2 is 1.88 bits per heavy atom. The highest BCUT2D eigenvalue weighted by Gasteiger charge is 2.37. The first-order chi connectivity index (χ1) is 11.6. The van der Waals surface area contributed by atoms with Crippen LogP contribution in [0.5, 0.6) is 0 Å². The predicted octanol–water partition coefficient (Wildman–Crippen LogP) is 4.00. The van der Waals surface area contributed by atoms with E-state index in [4.69, 9.17) is 0 Å². The Bertz CT molecular complexity index is 579. The van der Waals surface area contributed by atoms with Crippen molar-refractivity contribution in [3.8, 4) is 0 Å². The number of amides is 2. The van der Waals surface area contributed by atoms with Gasteiger partial charge in [-0.1, -0.05) is 30.7 Å². The molecule has 0 saturated carbocycles. The fourth-order valence-electron chi connectivity index (χ4n) is 4.39. The van der Waals surface area contributed by atoms with Crippen molar-refractivity contribution >= 4 is 11.7 Å². The molecule has 0 aromatic heterocycles. The number of urea groups is 1. The van der Waals surface area contributed by atoms with Crippen molar-refractivity contribution in [1.29, 1.82) is 0 Å². The standard InChI is InChI=1S/C20H29N3O/c1-4-11-23-17-9-6-10-18(23)13-16(12-17)21-20(24)22-19-14(2)7-5-8-15(19)3/h4-5,7-8,16-18H,1,6,9-13H2,2-3H3,(H2,21,22,24)/t17-,18-/m0/s1. The molecule has 2 heterocycles. The zero-order valence-corrected chi connectivity index (χ0v) is 14.8. The van der Waals surface area contributed by atoms with E-state index in [1.807, 2.05) is 38.1 Å². The summed E-state index contributed by atoms with van der Waals surface area (Å²) in [5, 5.41) is 6.26. The molecule has 0 spiro atoms. The van der Waals surface area contributed by atoms with Gasteiger partial charge in [0.1, 0.15) is 0 Å². The van der Waals surface area contributed by atoms with E-state index >= 15 is 0 Å². The lowest BCUT2D eigenvalue weighted by molar-refractivity contribution is 0.0375. The number of anilines is 1. The van der Waals surface area contributed by atoms with E-state index in [0.717, 1.165) is 36.2 Å². The summed E-state index contributed by atoms with van der Waals surface area (Å²) in [4.78, 5) is 15.0. The zero-order valence-electron chi connectivity index (χ0n) is 14.8. The van der Waals surface area contributed by atoms with E-state index in [2.05, 4.69) is 22.1 Å². The van der Waals surface area contributed by atoms with E-state index in [1.165, 1.54) is 19.3 Å². The number of aryl methyl sites for hydroxylation is 2. The second-order valence-corrected chi connectivity index (χ2v) is 7.26. The third kappa shape index (κ3) is 3.64. The first kappa shape index (κ1) is 17.0. The average Bonchev–Trinajstić information content (AvgIpc) is 2.52. The normalized spacial score (nSPS) is 26.7. The van der Waals surface area contributed by atoms with Gasteiger partial charge in [-0.15, -0.1) is 6.58 Å². The second kappa shape index (κ2) is 7.39. The van der Waals surface area contributed by atoms with Gasteiger partial charge in [-0.2, -0.15) is 0 Å². The highest BCUT2D eigenvalue weighted by atomic mass is 16.2. The lowest BCUT2D eigenvalue weighted by Crippen LogP contribution is -2.57. The van der Waals surface area contributed by atoms with Crippen molar-refractivity contribution in [3.05, 3.63) is 42.0 Å². The molecular weight excluding hydrogens is 298 g/mol. The topological polar surface area (TPSA) is 44.4 Å². The minimum Gasteiger partial charge on any atom is -0.335 e. The largest absolute Gasteiger partial charge is 0.335 e. The second-order valence-electron chi connectivity index (χ2n) is 7.26. The van der Waals surface area contributed by atoms with Crippen LogP contribution in [0.3, 0.4) is 0 Å². The Labute approximate surface area is 145 Å². The van der Waals surface area contributed by atoms with Crippen LogP contribution in [-0.4, -0.2) is 35.6 Å². The lowest BCUT2D eigenvalue weighted by Gasteiger charge is -2.48. The lowest BCUT2D eigenvalue weighted by atomic mass is 9.82. The van der Waals surface area contributed by atoms with Crippen molar-refractivity contribution in [3.63, 3.8) is 0 Å². The summed E-state index contributed by atoms with van der Waals surface area (Å²) >= 11 is 0. The number of fused-ring (bicyclic) bond motifs is 2. The van der Waals surface area contributed by atoms with Crippen molar-refractivity contribution < 1.29 is 4.79 Å². The van der Waals surface area contributed by atoms with Crippen LogP contribution >= 0.6 is 0 Å². The molecule has 130 valence electrons. The molecule has 2 aliphatic heterocycles. The molecule has 2 atom stereocenters. The Balaban J connectivity index is 1.61. The third-order valence-electron chi connectivity index (χ3n) is 5.52. The summed E-state index contributed by atoms with van der Waals surface area (Å²) in [6.45, 7) is 8.92. The molecule has 3 rings (SSSR count). The molecule has 0 unspecified atom stereocenters. The molecule has 24 heavy (non-hydrogen) atoms. The van der Waals surface area contributed by atoms with Crippen molar-refractivity contribution in [2.75, 3.05) is 11.9 Å². The maximum Gasteiger partial charge on any atom is 0.319 e. The fourth-order valence-corrected chi connectivity index (χ4v) is 4.39. The smallest absolute Gasteiger partial charge is 0.319 e. The predicted molar refractivity (Wildman–Crippen MR) is 99.4 cm³/mol. The van der Waals surface area contributed by atoms with Crippen molar-refractivity contribution in [1.82, 2.24) is 10.2 Å². The number of nitrogens with zero attached hydrogens (tertiary/aromatic N) is 1. The molecule has 4 heteroatoms. The number of nitrogens with one attached hydrogen (secondary N) is 2. The minimum absolute atomic E-state index is 0.0763. The molecule has 1 aromatic carbocycles. The Morgan fingerprint density at radius 3 is 2.46 bits per heavy atom. The van der Waals surface area contributed by atoms with Gasteiger partial charge in [-0.3, -0.25) is 4.90 Å². The van der Waals surface area contributed by atoms with E-state index in [1.54, 1.807) is 0 Å². The van der Waals surface area contributed by atoms with E-state index in [9.17, 15) is 4.79 Å². The fraction of sp³-hybridized carbons (Fsp3) is 0.550. The maximum absolute atomic E-state index is 12.5. The van der Waals surface area contributed by atoms with Crippen LogP contribution in [0.2, 0.25) is 0 Å². The molecule has 2 saturated heterocycles. The van der Waals surface area contributed by atoms with Crippen LogP contribution < -0.4 is 10.6 Å². The van der Waals surface area contributed by atoms with Crippen LogP contribution in [0.4, 0.5) is 10.5 Å². The van der Waals surface area contributed by atoms with Crippen molar-refractivity contribution in [2.45, 2.75) is 64.1 Å². The average molecular weight is 327 g/mol. The quantitative estimate of drug-likeness (QED) is 0.821. The van der Waals surface area contributed by atoms with Crippen LogP contribution in [-0.2, 0) is 0 Å². The highest BCUT2D eigenvalue weighted by molar-refractivity contribution is 5.91. The summed E-state index contributed by atoms with van der Waals surface area (Å²) < 4.78 is 0. The number of piperidine rings is 2. The van der Waals surface area contributed by atoms with Gasteiger partial charge >= 0.3 is 6.03 Å². The van der Waals surface area contributed by atoms with Gasteiger partial charge in [0.25, 0.3) is 0 Å². The molecule has 2 fully saturated rings. The maximum atomic E-state index is 12.5. The summed E-state index contributed by atoms with van der Waals surface area (Å²) in [6.07, 6.45) is 7.88. The molecule has 2 N–H and O–H groups in total. The van der Waals surface area contributed by atoms with Crippen LogP contribution in [0.25, 0.3) is 0 Å². The van der Waals surface area contributed by atoms with Gasteiger partial charge in [0.2, 0.25) is 0 Å². The van der Waals surface area contributed by atoms with Crippen LogP contribution in [0, 0.1) is 13.8 Å². The molecule has 4 nitrogen and oxygen atoms in total. The Morgan fingerprint density at radius 1 is 1.25 bits per heavy atom. The molecule has 2 aliphatic rings. The van der Waals surface area contributed by atoms with Crippen molar-refractivity contribution in [2.24, 2.45) is 0 Å². The monoisotopic (exact) mass is 327 g/mol. The summed E-state index contributed by atoms with van der Waals surface area (Å²) in [6, 6.07) is 7.44. The van der Waals surface area contributed by atoms with Gasteiger partial charge < -0.3 is 10.6 Å². The number of para-hydroxylation sites is 1. The molecule has 0 radical (unpaired) electrons. The van der Waals surface area contributed by atoms with Crippen LogP contribution in [0.1, 0.15) is 43.2 Å². The summed E-state index contributed by atoms with van der Waals surface area (Å²) in [5.41, 5.74) is 3.13. The number of benzene rings is 1. The minimum atomic E-state index is -0.0763. The molecule has 1 aromatic rings. The Hall–Kier alpha value is -1.81. The number of hydrogen-bond donors (Lipinski definition) is 2. The van der Waals surface area contributed by atoms with Gasteiger partial charge in [-0.25, -0.2) is 4.79 Å². The molecule has 2 amide bonds. The number of carbonyl (C=O) groups excluding carboxylic acids is 1. The first-order valence-electron chi connectivity index (χ1n) is 9.09. The number of rotatable bonds is 4.